The molecule has 0 spiro atoms. The molecule has 4 rings (SSSR count). The van der Waals surface area contributed by atoms with E-state index in [1.165, 1.54) is 17.5 Å². The van der Waals surface area contributed by atoms with Crippen molar-refractivity contribution in [3.05, 3.63) is 59.2 Å². The Balaban J connectivity index is 1.42. The molecular weight excluding hydrogens is 300 g/mol. The van der Waals surface area contributed by atoms with Gasteiger partial charge in [-0.15, -0.1) is 0 Å². The van der Waals surface area contributed by atoms with Crippen LogP contribution in [-0.2, 0) is 12.8 Å². The number of amides is 1. The highest BCUT2D eigenvalue weighted by Crippen LogP contribution is 2.24. The van der Waals surface area contributed by atoms with Crippen LogP contribution in [-0.4, -0.2) is 42.1 Å². The third-order valence-corrected chi connectivity index (χ3v) is 5.13. The number of aryl methyl sites for hydroxylation is 2. The van der Waals surface area contributed by atoms with Crippen LogP contribution in [0, 0.1) is 0 Å². The number of rotatable bonds is 2. The first kappa shape index (κ1) is 15.1. The van der Waals surface area contributed by atoms with Crippen LogP contribution in [0.5, 0.6) is 5.75 Å². The molecule has 0 radical (unpaired) electrons. The molecule has 1 aliphatic heterocycles. The molecule has 1 N–H and O–H groups in total. The van der Waals surface area contributed by atoms with Gasteiger partial charge in [0.15, 0.2) is 0 Å². The summed E-state index contributed by atoms with van der Waals surface area (Å²) in [6, 6.07) is 13.5. The lowest BCUT2D eigenvalue weighted by Crippen LogP contribution is -2.48. The monoisotopic (exact) mass is 322 g/mol. The summed E-state index contributed by atoms with van der Waals surface area (Å²) >= 11 is 0. The molecule has 1 amide bonds. The van der Waals surface area contributed by atoms with E-state index in [-0.39, 0.29) is 11.7 Å². The molecule has 2 aromatic rings. The van der Waals surface area contributed by atoms with Crippen molar-refractivity contribution in [1.29, 1.82) is 0 Å². The average Bonchev–Trinajstić information content (AvgIpc) is 3.09. The van der Waals surface area contributed by atoms with E-state index in [0.717, 1.165) is 50.3 Å². The Labute approximate surface area is 142 Å². The lowest BCUT2D eigenvalue weighted by Gasteiger charge is -2.36. The van der Waals surface area contributed by atoms with Crippen LogP contribution in [0.2, 0.25) is 0 Å². The summed E-state index contributed by atoms with van der Waals surface area (Å²) < 4.78 is 0. The number of piperazine rings is 1. The smallest absolute Gasteiger partial charge is 0.253 e. The highest BCUT2D eigenvalue weighted by atomic mass is 16.3. The Morgan fingerprint density at radius 3 is 2.33 bits per heavy atom. The molecule has 4 heteroatoms. The third kappa shape index (κ3) is 2.84. The number of carbonyl (C=O) groups excluding carboxylic acids is 1. The van der Waals surface area contributed by atoms with Crippen LogP contribution in [0.15, 0.2) is 42.5 Å². The number of aromatic hydroxyl groups is 1. The third-order valence-electron chi connectivity index (χ3n) is 5.13. The summed E-state index contributed by atoms with van der Waals surface area (Å²) in [5, 5.41) is 9.39. The predicted octanol–water partition coefficient (Wildman–Crippen LogP) is 2.84. The maximum absolute atomic E-state index is 12.8. The first-order chi connectivity index (χ1) is 11.7. The second-order valence-corrected chi connectivity index (χ2v) is 6.63. The highest BCUT2D eigenvalue weighted by Gasteiger charge is 2.23. The zero-order valence-electron chi connectivity index (χ0n) is 13.7. The van der Waals surface area contributed by atoms with E-state index in [1.54, 1.807) is 12.1 Å². The molecule has 0 saturated carbocycles. The van der Waals surface area contributed by atoms with Crippen LogP contribution in [0.1, 0.15) is 27.9 Å². The first-order valence-corrected chi connectivity index (χ1v) is 8.66. The lowest BCUT2D eigenvalue weighted by atomic mass is 10.1. The number of hydrogen-bond acceptors (Lipinski definition) is 3. The lowest BCUT2D eigenvalue weighted by molar-refractivity contribution is 0.0746. The Morgan fingerprint density at radius 2 is 1.58 bits per heavy atom. The minimum Gasteiger partial charge on any atom is -0.508 e. The molecule has 1 fully saturated rings. The zero-order valence-corrected chi connectivity index (χ0v) is 13.7. The van der Waals surface area contributed by atoms with Crippen LogP contribution >= 0.6 is 0 Å². The SMILES string of the molecule is O=C(c1ccc2c(c1)CCC2)N1CCN(c2ccc(O)cc2)CC1. The van der Waals surface area contributed by atoms with E-state index in [1.807, 2.05) is 23.1 Å². The summed E-state index contributed by atoms with van der Waals surface area (Å²) in [7, 11) is 0. The van der Waals surface area contributed by atoms with Gasteiger partial charge in [-0.3, -0.25) is 4.79 Å². The van der Waals surface area contributed by atoms with E-state index < -0.39 is 0 Å². The van der Waals surface area contributed by atoms with Crippen LogP contribution in [0.3, 0.4) is 0 Å². The van der Waals surface area contributed by atoms with Crippen molar-refractivity contribution in [3.8, 4) is 5.75 Å². The summed E-state index contributed by atoms with van der Waals surface area (Å²) in [5.41, 5.74) is 4.68. The Kier molecular flexibility index (Phi) is 3.89. The Hall–Kier alpha value is -2.49. The summed E-state index contributed by atoms with van der Waals surface area (Å²) in [4.78, 5) is 17.0. The van der Waals surface area contributed by atoms with Gasteiger partial charge in [0.2, 0.25) is 0 Å². The minimum atomic E-state index is 0.148. The standard InChI is InChI=1S/C20H22N2O2/c23-19-8-6-18(7-9-19)21-10-12-22(13-11-21)20(24)17-5-4-15-2-1-3-16(15)14-17/h4-9,14,23H,1-3,10-13H2. The van der Waals surface area contributed by atoms with Crippen molar-refractivity contribution in [2.24, 2.45) is 0 Å². The molecule has 24 heavy (non-hydrogen) atoms. The Morgan fingerprint density at radius 1 is 0.875 bits per heavy atom. The highest BCUT2D eigenvalue weighted by molar-refractivity contribution is 5.94. The molecule has 2 aliphatic rings. The number of phenolic OH excluding ortho intramolecular Hbond substituents is 1. The van der Waals surface area contributed by atoms with E-state index in [9.17, 15) is 9.90 Å². The Bertz CT molecular complexity index is 747. The van der Waals surface area contributed by atoms with Gasteiger partial charge in [-0.2, -0.15) is 0 Å². The number of anilines is 1. The van der Waals surface area contributed by atoms with E-state index in [4.69, 9.17) is 0 Å². The van der Waals surface area contributed by atoms with Gasteiger partial charge in [-0.05, 0) is 66.8 Å². The maximum Gasteiger partial charge on any atom is 0.253 e. The largest absolute Gasteiger partial charge is 0.508 e. The average molecular weight is 322 g/mol. The van der Waals surface area contributed by atoms with Gasteiger partial charge in [0.05, 0.1) is 0 Å². The van der Waals surface area contributed by atoms with E-state index >= 15 is 0 Å². The number of hydrogen-bond donors (Lipinski definition) is 1. The van der Waals surface area contributed by atoms with Crippen LogP contribution < -0.4 is 4.90 Å². The first-order valence-electron chi connectivity index (χ1n) is 8.66. The molecule has 1 heterocycles. The van der Waals surface area contributed by atoms with Crippen molar-refractivity contribution >= 4 is 11.6 Å². The normalized spacial score (nSPS) is 17.0. The molecule has 0 bridgehead atoms. The second-order valence-electron chi connectivity index (χ2n) is 6.63. The number of phenols is 1. The fourth-order valence-electron chi connectivity index (χ4n) is 3.72. The van der Waals surface area contributed by atoms with Gasteiger partial charge in [0, 0.05) is 37.4 Å². The molecule has 0 aromatic heterocycles. The molecule has 1 saturated heterocycles. The van der Waals surface area contributed by atoms with E-state index in [2.05, 4.69) is 17.0 Å². The van der Waals surface area contributed by atoms with Gasteiger partial charge >= 0.3 is 0 Å². The van der Waals surface area contributed by atoms with Gasteiger partial charge in [-0.25, -0.2) is 0 Å². The van der Waals surface area contributed by atoms with Crippen molar-refractivity contribution in [2.75, 3.05) is 31.1 Å². The molecule has 0 unspecified atom stereocenters. The van der Waals surface area contributed by atoms with Crippen molar-refractivity contribution in [3.63, 3.8) is 0 Å². The van der Waals surface area contributed by atoms with Crippen molar-refractivity contribution in [1.82, 2.24) is 4.90 Å². The quantitative estimate of drug-likeness (QED) is 0.924. The maximum atomic E-state index is 12.8. The van der Waals surface area contributed by atoms with E-state index in [0.29, 0.717) is 0 Å². The van der Waals surface area contributed by atoms with Gasteiger partial charge in [0.1, 0.15) is 5.75 Å². The predicted molar refractivity (Wildman–Crippen MR) is 94.7 cm³/mol. The van der Waals surface area contributed by atoms with Crippen LogP contribution in [0.4, 0.5) is 5.69 Å². The second kappa shape index (κ2) is 6.19. The summed E-state index contributed by atoms with van der Waals surface area (Å²) in [6.45, 7) is 3.11. The van der Waals surface area contributed by atoms with Crippen molar-refractivity contribution in [2.45, 2.75) is 19.3 Å². The van der Waals surface area contributed by atoms with Gasteiger partial charge in [-0.1, -0.05) is 6.07 Å². The number of fused-ring (bicyclic) bond motifs is 1. The summed E-state index contributed by atoms with van der Waals surface area (Å²) in [6.07, 6.45) is 3.46. The number of nitrogens with zero attached hydrogens (tertiary/aromatic N) is 2. The molecule has 0 atom stereocenters. The molecular formula is C20H22N2O2. The number of carbonyl (C=O) groups is 1. The molecule has 4 nitrogen and oxygen atoms in total. The van der Waals surface area contributed by atoms with Crippen LogP contribution in [0.25, 0.3) is 0 Å². The molecule has 2 aromatic carbocycles. The topological polar surface area (TPSA) is 43.8 Å². The van der Waals surface area contributed by atoms with Gasteiger partial charge in [0.25, 0.3) is 5.91 Å². The fraction of sp³-hybridized carbons (Fsp3) is 0.350. The zero-order chi connectivity index (χ0) is 16.5. The molecule has 124 valence electrons. The minimum absolute atomic E-state index is 0.148. The van der Waals surface area contributed by atoms with Gasteiger partial charge < -0.3 is 14.9 Å². The summed E-state index contributed by atoms with van der Waals surface area (Å²) in [5.74, 6) is 0.430. The van der Waals surface area contributed by atoms with Crippen molar-refractivity contribution < 1.29 is 9.90 Å². The molecule has 1 aliphatic carbocycles. The number of benzene rings is 2. The fourth-order valence-corrected chi connectivity index (χ4v) is 3.72.